The van der Waals surface area contributed by atoms with E-state index in [4.69, 9.17) is 16.3 Å². The van der Waals surface area contributed by atoms with Crippen molar-refractivity contribution in [3.63, 3.8) is 0 Å². The van der Waals surface area contributed by atoms with Crippen molar-refractivity contribution in [2.24, 2.45) is 0 Å². The van der Waals surface area contributed by atoms with Gasteiger partial charge in [0, 0.05) is 34.2 Å². The smallest absolute Gasteiger partial charge is 0.295 e. The Morgan fingerprint density at radius 1 is 1.06 bits per heavy atom. The Labute approximate surface area is 207 Å². The normalized spacial score (nSPS) is 17.3. The van der Waals surface area contributed by atoms with Gasteiger partial charge in [0.1, 0.15) is 11.5 Å². The number of rotatable bonds is 6. The molecule has 2 N–H and O–H groups in total. The zero-order chi connectivity index (χ0) is 24.5. The summed E-state index contributed by atoms with van der Waals surface area (Å²) in [6.07, 6.45) is 2.39. The Morgan fingerprint density at radius 2 is 1.80 bits per heavy atom. The lowest BCUT2D eigenvalue weighted by atomic mass is 9.95. The quantitative estimate of drug-likeness (QED) is 0.214. The third kappa shape index (κ3) is 4.06. The Hall–Kier alpha value is -4.03. The molecule has 1 aromatic heterocycles. The van der Waals surface area contributed by atoms with Crippen molar-refractivity contribution in [2.75, 3.05) is 13.7 Å². The number of carbonyl (C=O) groups is 2. The molecule has 0 bridgehead atoms. The molecule has 1 fully saturated rings. The molecule has 6 nitrogen and oxygen atoms in total. The molecule has 0 spiro atoms. The molecule has 5 rings (SSSR count). The Bertz CT molecular complexity index is 1460. The Kier molecular flexibility index (Phi) is 6.05. The van der Waals surface area contributed by atoms with Crippen LogP contribution in [0.5, 0.6) is 5.75 Å². The minimum absolute atomic E-state index is 0.0369. The van der Waals surface area contributed by atoms with Gasteiger partial charge in [0.25, 0.3) is 11.7 Å². The summed E-state index contributed by atoms with van der Waals surface area (Å²) in [4.78, 5) is 31.2. The fraction of sp³-hybridized carbons (Fsp3) is 0.143. The van der Waals surface area contributed by atoms with Crippen LogP contribution in [0.25, 0.3) is 16.7 Å². The van der Waals surface area contributed by atoms with Crippen molar-refractivity contribution >= 4 is 40.0 Å². The number of carbonyl (C=O) groups excluding carboxylic acids is 2. The highest BCUT2D eigenvalue weighted by Gasteiger charge is 2.46. The highest BCUT2D eigenvalue weighted by Crippen LogP contribution is 2.42. The lowest BCUT2D eigenvalue weighted by molar-refractivity contribution is -0.139. The van der Waals surface area contributed by atoms with Gasteiger partial charge in [-0.2, -0.15) is 0 Å². The summed E-state index contributed by atoms with van der Waals surface area (Å²) < 4.78 is 5.35. The van der Waals surface area contributed by atoms with Crippen LogP contribution in [-0.2, 0) is 16.0 Å². The highest BCUT2D eigenvalue weighted by atomic mass is 35.5. The summed E-state index contributed by atoms with van der Waals surface area (Å²) in [6.45, 7) is 0.260. The first-order valence-corrected chi connectivity index (χ1v) is 11.6. The number of aliphatic hydroxyl groups excluding tert-OH is 1. The van der Waals surface area contributed by atoms with E-state index in [0.717, 1.165) is 22.2 Å². The molecule has 1 atom stereocenters. The molecular formula is C28H23ClN2O4. The molecule has 0 unspecified atom stereocenters. The van der Waals surface area contributed by atoms with Crippen LogP contribution in [0.3, 0.4) is 0 Å². The first-order valence-electron chi connectivity index (χ1n) is 11.2. The summed E-state index contributed by atoms with van der Waals surface area (Å²) in [5, 5.41) is 12.5. The second-order valence-corrected chi connectivity index (χ2v) is 8.76. The number of hydrogen-bond donors (Lipinski definition) is 2. The van der Waals surface area contributed by atoms with Gasteiger partial charge >= 0.3 is 0 Å². The molecular weight excluding hydrogens is 464 g/mol. The number of nitrogens with zero attached hydrogens (tertiary/aromatic N) is 1. The number of Topliss-reactive ketones (excluding diaryl/α,β-unsaturated/α-hetero) is 1. The Morgan fingerprint density at radius 3 is 2.54 bits per heavy atom. The van der Waals surface area contributed by atoms with Gasteiger partial charge in [-0.05, 0) is 41.8 Å². The van der Waals surface area contributed by atoms with Gasteiger partial charge in [-0.1, -0.05) is 60.1 Å². The summed E-state index contributed by atoms with van der Waals surface area (Å²) in [5.74, 6) is -0.868. The number of aliphatic hydroxyl groups is 1. The van der Waals surface area contributed by atoms with Gasteiger partial charge in [-0.25, -0.2) is 0 Å². The lowest BCUT2D eigenvalue weighted by Crippen LogP contribution is -2.31. The largest absolute Gasteiger partial charge is 0.507 e. The minimum atomic E-state index is -0.802. The van der Waals surface area contributed by atoms with Crippen LogP contribution in [0.4, 0.5) is 0 Å². The molecule has 1 amide bonds. The van der Waals surface area contributed by atoms with Crippen LogP contribution in [-0.4, -0.2) is 40.3 Å². The third-order valence-electron chi connectivity index (χ3n) is 6.38. The number of ether oxygens (including phenoxy) is 1. The maximum atomic E-state index is 13.2. The maximum Gasteiger partial charge on any atom is 0.295 e. The van der Waals surface area contributed by atoms with Crippen molar-refractivity contribution in [1.82, 2.24) is 9.88 Å². The number of aromatic amines is 1. The van der Waals surface area contributed by atoms with Crippen LogP contribution in [0.2, 0.25) is 5.02 Å². The SMILES string of the molecule is COc1ccc2[nH]cc(CCN3C(=O)C(=O)C(=C(O)c4ccccc4)[C@H]3c3ccccc3Cl)c2c1. The summed E-state index contributed by atoms with van der Waals surface area (Å²) in [6, 6.07) is 20.8. The predicted molar refractivity (Wildman–Crippen MR) is 135 cm³/mol. The average Bonchev–Trinajstić information content (AvgIpc) is 3.40. The topological polar surface area (TPSA) is 82.6 Å². The molecule has 0 saturated carbocycles. The van der Waals surface area contributed by atoms with E-state index in [-0.39, 0.29) is 17.9 Å². The van der Waals surface area contributed by atoms with E-state index >= 15 is 0 Å². The molecule has 35 heavy (non-hydrogen) atoms. The zero-order valence-corrected chi connectivity index (χ0v) is 19.8. The van der Waals surface area contributed by atoms with E-state index in [1.54, 1.807) is 55.6 Å². The van der Waals surface area contributed by atoms with E-state index in [2.05, 4.69) is 4.98 Å². The number of amides is 1. The maximum absolute atomic E-state index is 13.2. The van der Waals surface area contributed by atoms with Crippen molar-refractivity contribution in [1.29, 1.82) is 0 Å². The van der Waals surface area contributed by atoms with Crippen LogP contribution >= 0.6 is 11.6 Å². The molecule has 3 aromatic carbocycles. The first kappa shape index (κ1) is 22.7. The van der Waals surface area contributed by atoms with Crippen molar-refractivity contribution < 1.29 is 19.4 Å². The summed E-state index contributed by atoms with van der Waals surface area (Å²) in [5.41, 5.74) is 3.03. The number of H-pyrrole nitrogens is 1. The van der Waals surface area contributed by atoms with Crippen LogP contribution in [0.15, 0.2) is 84.6 Å². The van der Waals surface area contributed by atoms with E-state index in [9.17, 15) is 14.7 Å². The average molecular weight is 487 g/mol. The van der Waals surface area contributed by atoms with Crippen LogP contribution < -0.4 is 4.74 Å². The second-order valence-electron chi connectivity index (χ2n) is 8.36. The molecule has 1 saturated heterocycles. The number of fused-ring (bicyclic) bond motifs is 1. The second kappa shape index (κ2) is 9.31. The third-order valence-corrected chi connectivity index (χ3v) is 6.73. The van der Waals surface area contributed by atoms with Crippen molar-refractivity contribution in [3.8, 4) is 5.75 Å². The zero-order valence-electron chi connectivity index (χ0n) is 19.0. The van der Waals surface area contributed by atoms with Gasteiger partial charge in [0.15, 0.2) is 0 Å². The molecule has 1 aliphatic rings. The molecule has 0 radical (unpaired) electrons. The fourth-order valence-corrected chi connectivity index (χ4v) is 4.85. The number of ketones is 1. The predicted octanol–water partition coefficient (Wildman–Crippen LogP) is 5.49. The number of methoxy groups -OCH3 is 1. The van der Waals surface area contributed by atoms with E-state index in [0.29, 0.717) is 22.6 Å². The van der Waals surface area contributed by atoms with Gasteiger partial charge in [0.05, 0.1) is 18.7 Å². The lowest BCUT2D eigenvalue weighted by Gasteiger charge is -2.26. The monoisotopic (exact) mass is 486 g/mol. The van der Waals surface area contributed by atoms with Crippen LogP contribution in [0.1, 0.15) is 22.7 Å². The molecule has 1 aliphatic heterocycles. The van der Waals surface area contributed by atoms with Gasteiger partial charge in [-0.3, -0.25) is 9.59 Å². The van der Waals surface area contributed by atoms with Crippen molar-refractivity contribution in [2.45, 2.75) is 12.5 Å². The molecule has 176 valence electrons. The van der Waals surface area contributed by atoms with Crippen LogP contribution in [0, 0.1) is 0 Å². The standard InChI is InChI=1S/C28H23ClN2O4/c1-35-19-11-12-23-21(15-19)18(16-30-23)13-14-31-25(20-9-5-6-10-22(20)29)24(27(33)28(31)34)26(32)17-7-3-2-4-8-17/h2-12,15-16,25,30,32H,13-14H2,1H3/t25-/m1/s1. The molecule has 2 heterocycles. The fourth-order valence-electron chi connectivity index (χ4n) is 4.61. The summed E-state index contributed by atoms with van der Waals surface area (Å²) in [7, 11) is 1.61. The van der Waals surface area contributed by atoms with E-state index in [1.165, 1.54) is 4.90 Å². The number of nitrogens with one attached hydrogen (secondary N) is 1. The highest BCUT2D eigenvalue weighted by molar-refractivity contribution is 6.47. The number of halogens is 1. The summed E-state index contributed by atoms with van der Waals surface area (Å²) >= 11 is 6.52. The number of aromatic nitrogens is 1. The number of benzene rings is 3. The number of hydrogen-bond acceptors (Lipinski definition) is 4. The van der Waals surface area contributed by atoms with E-state index < -0.39 is 17.7 Å². The van der Waals surface area contributed by atoms with Gasteiger partial charge in [-0.15, -0.1) is 0 Å². The molecule has 0 aliphatic carbocycles. The van der Waals surface area contributed by atoms with Gasteiger partial charge < -0.3 is 19.7 Å². The number of likely N-dealkylation sites (tertiary alicyclic amines) is 1. The first-order chi connectivity index (χ1) is 17.0. The Balaban J connectivity index is 1.56. The molecule has 4 aromatic rings. The van der Waals surface area contributed by atoms with Crippen molar-refractivity contribution in [3.05, 3.63) is 106 Å². The van der Waals surface area contributed by atoms with E-state index in [1.807, 2.05) is 30.5 Å². The minimum Gasteiger partial charge on any atom is -0.507 e. The molecule has 7 heteroatoms. The van der Waals surface area contributed by atoms with Gasteiger partial charge in [0.2, 0.25) is 0 Å².